The van der Waals surface area contributed by atoms with E-state index in [0.717, 1.165) is 11.1 Å². The van der Waals surface area contributed by atoms with E-state index in [-0.39, 0.29) is 29.8 Å². The number of amides is 1. The van der Waals surface area contributed by atoms with Crippen molar-refractivity contribution in [2.75, 3.05) is 25.9 Å². The second kappa shape index (κ2) is 12.4. The molecule has 198 valence electrons. The first-order valence-electron chi connectivity index (χ1n) is 12.4. The molecule has 37 heavy (non-hydrogen) atoms. The van der Waals surface area contributed by atoms with E-state index in [1.165, 1.54) is 21.3 Å². The first-order chi connectivity index (χ1) is 17.5. The first kappa shape index (κ1) is 28.4. The lowest BCUT2D eigenvalue weighted by Gasteiger charge is -2.35. The van der Waals surface area contributed by atoms with Gasteiger partial charge in [0.05, 0.1) is 17.0 Å². The van der Waals surface area contributed by atoms with Crippen LogP contribution in [-0.2, 0) is 16.4 Å². The average Bonchev–Trinajstić information content (AvgIpc) is 2.87. The molecule has 0 spiro atoms. The summed E-state index contributed by atoms with van der Waals surface area (Å²) in [7, 11) is -2.25. The minimum absolute atomic E-state index is 0.0228. The molecule has 7 nitrogen and oxygen atoms in total. The Morgan fingerprint density at radius 1 is 0.919 bits per heavy atom. The summed E-state index contributed by atoms with van der Waals surface area (Å²) >= 11 is 0. The standard InChI is InChI=1S/C29H37N3O4S/c1-21(2)19-32(37(35,36)25-16-14-24(30)15-17-25)20-28(33)27(18-23-11-6-5-7-12-23)31(4)29(34)26-13-9-8-10-22(26)3/h5-17,21,27-28,33H,18-20,30H2,1-4H3/t27-,28+/m0/s1. The Morgan fingerprint density at radius 3 is 2.11 bits per heavy atom. The largest absolute Gasteiger partial charge is 0.399 e. The van der Waals surface area contributed by atoms with Crippen molar-refractivity contribution in [2.45, 2.75) is 44.2 Å². The maximum atomic E-state index is 13.6. The van der Waals surface area contributed by atoms with E-state index in [0.29, 0.717) is 17.7 Å². The highest BCUT2D eigenvalue weighted by Crippen LogP contribution is 2.22. The number of carbonyl (C=O) groups excluding carboxylic acids is 1. The lowest BCUT2D eigenvalue weighted by molar-refractivity contribution is 0.0370. The van der Waals surface area contributed by atoms with Crippen LogP contribution < -0.4 is 5.73 Å². The lowest BCUT2D eigenvalue weighted by atomic mass is 9.98. The highest BCUT2D eigenvalue weighted by molar-refractivity contribution is 7.89. The molecule has 1 amide bonds. The molecule has 0 aromatic heterocycles. The lowest BCUT2D eigenvalue weighted by Crippen LogP contribution is -2.51. The van der Waals surface area contributed by atoms with Crippen molar-refractivity contribution in [2.24, 2.45) is 5.92 Å². The monoisotopic (exact) mass is 523 g/mol. The van der Waals surface area contributed by atoms with Crippen LogP contribution in [-0.4, -0.2) is 60.9 Å². The number of nitrogen functional groups attached to an aromatic ring is 1. The van der Waals surface area contributed by atoms with Crippen molar-refractivity contribution in [1.82, 2.24) is 9.21 Å². The van der Waals surface area contributed by atoms with Crippen LogP contribution in [0.2, 0.25) is 0 Å². The van der Waals surface area contributed by atoms with Crippen molar-refractivity contribution >= 4 is 21.6 Å². The van der Waals surface area contributed by atoms with Gasteiger partial charge in [0, 0.05) is 31.4 Å². The summed E-state index contributed by atoms with van der Waals surface area (Å²) in [5.41, 5.74) is 8.54. The molecule has 0 saturated carbocycles. The van der Waals surface area contributed by atoms with E-state index in [1.807, 2.05) is 63.2 Å². The zero-order chi connectivity index (χ0) is 27.2. The predicted molar refractivity (Wildman–Crippen MR) is 148 cm³/mol. The molecule has 3 rings (SSSR count). The normalized spacial score (nSPS) is 13.5. The molecule has 2 atom stereocenters. The Balaban J connectivity index is 1.95. The van der Waals surface area contributed by atoms with Crippen LogP contribution in [0.4, 0.5) is 5.69 Å². The van der Waals surface area contributed by atoms with Crippen molar-refractivity contribution in [3.05, 3.63) is 95.6 Å². The molecule has 0 heterocycles. The maximum absolute atomic E-state index is 13.6. The maximum Gasteiger partial charge on any atom is 0.254 e. The number of aliphatic hydroxyl groups excluding tert-OH is 1. The van der Waals surface area contributed by atoms with Gasteiger partial charge in [0.1, 0.15) is 0 Å². The fraction of sp³-hybridized carbons (Fsp3) is 0.345. The van der Waals surface area contributed by atoms with Crippen LogP contribution in [0.15, 0.2) is 83.8 Å². The molecule has 0 unspecified atom stereocenters. The molecule has 0 aliphatic rings. The number of nitrogens with zero attached hydrogens (tertiary/aromatic N) is 2. The van der Waals surface area contributed by atoms with E-state index in [2.05, 4.69) is 0 Å². The van der Waals surface area contributed by atoms with Gasteiger partial charge < -0.3 is 15.7 Å². The average molecular weight is 524 g/mol. The molecule has 0 saturated heterocycles. The third-order valence-electron chi connectivity index (χ3n) is 6.40. The number of benzene rings is 3. The number of carbonyl (C=O) groups is 1. The van der Waals surface area contributed by atoms with E-state index >= 15 is 0 Å². The van der Waals surface area contributed by atoms with Crippen LogP contribution in [0.1, 0.15) is 35.3 Å². The number of aliphatic hydroxyl groups is 1. The second-order valence-corrected chi connectivity index (χ2v) is 11.8. The third kappa shape index (κ3) is 7.19. The van der Waals surface area contributed by atoms with Crippen LogP contribution in [0.3, 0.4) is 0 Å². The molecule has 3 N–H and O–H groups in total. The van der Waals surface area contributed by atoms with Gasteiger partial charge in [0.2, 0.25) is 10.0 Å². The number of sulfonamides is 1. The van der Waals surface area contributed by atoms with Gasteiger partial charge in [-0.25, -0.2) is 8.42 Å². The van der Waals surface area contributed by atoms with E-state index in [4.69, 9.17) is 5.73 Å². The van der Waals surface area contributed by atoms with Crippen molar-refractivity contribution in [3.63, 3.8) is 0 Å². The Hall–Kier alpha value is -3.20. The summed E-state index contributed by atoms with van der Waals surface area (Å²) in [5.74, 6) is -0.204. The van der Waals surface area contributed by atoms with Crippen LogP contribution in [0, 0.1) is 12.8 Å². The van der Waals surface area contributed by atoms with E-state index < -0.39 is 22.2 Å². The Bertz CT molecular complexity index is 1280. The molecular weight excluding hydrogens is 486 g/mol. The molecule has 0 bridgehead atoms. The summed E-state index contributed by atoms with van der Waals surface area (Å²) in [4.78, 5) is 15.1. The number of hydrogen-bond donors (Lipinski definition) is 2. The zero-order valence-electron chi connectivity index (χ0n) is 21.9. The Morgan fingerprint density at radius 2 is 1.51 bits per heavy atom. The van der Waals surface area contributed by atoms with Crippen molar-refractivity contribution in [1.29, 1.82) is 0 Å². The van der Waals surface area contributed by atoms with E-state index in [9.17, 15) is 18.3 Å². The topological polar surface area (TPSA) is 104 Å². The first-order valence-corrected chi connectivity index (χ1v) is 13.8. The molecule has 0 aliphatic carbocycles. The van der Waals surface area contributed by atoms with Crippen LogP contribution >= 0.6 is 0 Å². The summed E-state index contributed by atoms with van der Waals surface area (Å²) in [6, 6.07) is 22.3. The van der Waals surface area contributed by atoms with Crippen molar-refractivity contribution < 1.29 is 18.3 Å². The summed E-state index contributed by atoms with van der Waals surface area (Å²) in [6.07, 6.45) is -0.770. The quantitative estimate of drug-likeness (QED) is 0.370. The molecule has 3 aromatic rings. The molecule has 0 fully saturated rings. The van der Waals surface area contributed by atoms with E-state index in [1.54, 1.807) is 31.3 Å². The smallest absolute Gasteiger partial charge is 0.254 e. The highest BCUT2D eigenvalue weighted by Gasteiger charge is 2.34. The zero-order valence-corrected chi connectivity index (χ0v) is 22.7. The van der Waals surface area contributed by atoms with Gasteiger partial charge in [-0.2, -0.15) is 4.31 Å². The van der Waals surface area contributed by atoms with Gasteiger partial charge >= 0.3 is 0 Å². The fourth-order valence-corrected chi connectivity index (χ4v) is 5.96. The van der Waals surface area contributed by atoms with Gasteiger partial charge in [-0.15, -0.1) is 0 Å². The van der Waals surface area contributed by atoms with Gasteiger partial charge in [-0.3, -0.25) is 4.79 Å². The number of rotatable bonds is 11. The minimum atomic E-state index is -3.90. The predicted octanol–water partition coefficient (Wildman–Crippen LogP) is 3.97. The van der Waals surface area contributed by atoms with Crippen LogP contribution in [0.25, 0.3) is 0 Å². The molecule has 3 aromatic carbocycles. The summed E-state index contributed by atoms with van der Waals surface area (Å²) in [5, 5.41) is 11.5. The number of anilines is 1. The molecule has 0 aliphatic heterocycles. The molecule has 8 heteroatoms. The summed E-state index contributed by atoms with van der Waals surface area (Å²) < 4.78 is 28.4. The molecule has 0 radical (unpaired) electrons. The number of aryl methyl sites for hydroxylation is 1. The fourth-order valence-electron chi connectivity index (χ4n) is 4.34. The Labute approximate surface area is 220 Å². The number of likely N-dealkylation sites (N-methyl/N-ethyl adjacent to an activating group) is 1. The van der Waals surface area contributed by atoms with Gasteiger partial charge in [0.15, 0.2) is 0 Å². The van der Waals surface area contributed by atoms with Crippen LogP contribution in [0.5, 0.6) is 0 Å². The minimum Gasteiger partial charge on any atom is -0.399 e. The van der Waals surface area contributed by atoms with Gasteiger partial charge in [0.25, 0.3) is 5.91 Å². The third-order valence-corrected chi connectivity index (χ3v) is 8.25. The SMILES string of the molecule is Cc1ccccc1C(=O)N(C)[C@@H](Cc1ccccc1)[C@H](O)CN(CC(C)C)S(=O)(=O)c1ccc(N)cc1. The Kier molecular flexibility index (Phi) is 9.48. The van der Waals surface area contributed by atoms with Crippen molar-refractivity contribution in [3.8, 4) is 0 Å². The van der Waals surface area contributed by atoms with Gasteiger partial charge in [-0.1, -0.05) is 62.4 Å². The molecular formula is C29H37N3O4S. The highest BCUT2D eigenvalue weighted by atomic mass is 32.2. The number of hydrogen-bond acceptors (Lipinski definition) is 5. The summed E-state index contributed by atoms with van der Waals surface area (Å²) in [6.45, 7) is 5.78. The van der Waals surface area contributed by atoms with Gasteiger partial charge in [-0.05, 0) is 60.7 Å². The second-order valence-electron chi connectivity index (χ2n) is 9.84. The number of nitrogens with two attached hydrogens (primary N) is 1.